The maximum Gasteiger partial charge on any atom is 0.429 e. The van der Waals surface area contributed by atoms with Gasteiger partial charge in [-0.3, -0.25) is 9.59 Å². The van der Waals surface area contributed by atoms with Gasteiger partial charge in [0.2, 0.25) is 17.9 Å². The van der Waals surface area contributed by atoms with E-state index in [1.807, 2.05) is 11.8 Å². The van der Waals surface area contributed by atoms with Crippen molar-refractivity contribution >= 4 is 23.6 Å². The van der Waals surface area contributed by atoms with E-state index in [1.54, 1.807) is 69.7 Å². The molecular formula is C36H41F3N8O4. The van der Waals surface area contributed by atoms with Gasteiger partial charge in [-0.15, -0.1) is 0 Å². The van der Waals surface area contributed by atoms with Gasteiger partial charge >= 0.3 is 12.1 Å². The van der Waals surface area contributed by atoms with Crippen LogP contribution in [0.5, 0.6) is 5.88 Å². The maximum atomic E-state index is 15.0. The molecule has 15 heteroatoms. The summed E-state index contributed by atoms with van der Waals surface area (Å²) < 4.78 is 51.9. The SMILES string of the molecule is CCC1NC(C(=O)O)CC12CCN(c1cc(O[C@H](c3ccc(-c4ccc(C(=O)N(C)C)cc4)cc3-n3ccc(C)n3)C(F)(F)F)nc(N)n1)CC2. The van der Waals surface area contributed by atoms with E-state index in [0.717, 1.165) is 6.42 Å². The molecule has 270 valence electrons. The molecule has 1 amide bonds. The van der Waals surface area contributed by atoms with Crippen molar-refractivity contribution in [3.63, 3.8) is 0 Å². The number of benzene rings is 2. The summed E-state index contributed by atoms with van der Waals surface area (Å²) in [6.45, 7) is 4.79. The molecule has 1 spiro atoms. The summed E-state index contributed by atoms with van der Waals surface area (Å²) >= 11 is 0. The number of aryl methyl sites for hydroxylation is 1. The maximum absolute atomic E-state index is 15.0. The van der Waals surface area contributed by atoms with Crippen molar-refractivity contribution in [2.75, 3.05) is 37.8 Å². The van der Waals surface area contributed by atoms with Crippen molar-refractivity contribution in [1.29, 1.82) is 0 Å². The first-order chi connectivity index (χ1) is 24.2. The number of alkyl halides is 3. The van der Waals surface area contributed by atoms with Crippen LogP contribution < -0.4 is 20.7 Å². The third kappa shape index (κ3) is 7.34. The lowest BCUT2D eigenvalue weighted by Gasteiger charge is -2.43. The zero-order chi connectivity index (χ0) is 36.7. The molecule has 51 heavy (non-hydrogen) atoms. The molecule has 2 unspecified atom stereocenters. The second-order valence-corrected chi connectivity index (χ2v) is 13.5. The van der Waals surface area contributed by atoms with Crippen LogP contribution in [0.25, 0.3) is 16.8 Å². The van der Waals surface area contributed by atoms with Crippen LogP contribution in [-0.2, 0) is 4.79 Å². The smallest absolute Gasteiger partial charge is 0.429 e. The zero-order valence-corrected chi connectivity index (χ0v) is 28.8. The van der Waals surface area contributed by atoms with E-state index in [0.29, 0.717) is 60.6 Å². The Labute approximate surface area is 293 Å². The van der Waals surface area contributed by atoms with Gasteiger partial charge in [0.05, 0.1) is 11.4 Å². The Morgan fingerprint density at radius 3 is 2.35 bits per heavy atom. The van der Waals surface area contributed by atoms with Crippen molar-refractivity contribution in [2.45, 2.75) is 63.9 Å². The first-order valence-corrected chi connectivity index (χ1v) is 16.8. The molecule has 2 fully saturated rings. The topological polar surface area (TPSA) is 152 Å². The normalized spacial score (nSPS) is 19.2. The first-order valence-electron chi connectivity index (χ1n) is 16.8. The van der Waals surface area contributed by atoms with Gasteiger partial charge in [-0.2, -0.15) is 28.2 Å². The van der Waals surface area contributed by atoms with E-state index >= 15 is 0 Å². The van der Waals surface area contributed by atoms with Crippen molar-refractivity contribution < 1.29 is 32.6 Å². The minimum atomic E-state index is -4.87. The Morgan fingerprint density at radius 1 is 1.08 bits per heavy atom. The van der Waals surface area contributed by atoms with E-state index in [2.05, 4.69) is 20.4 Å². The van der Waals surface area contributed by atoms with E-state index in [9.17, 15) is 27.9 Å². The van der Waals surface area contributed by atoms with Crippen molar-refractivity contribution in [3.8, 4) is 22.7 Å². The summed E-state index contributed by atoms with van der Waals surface area (Å²) in [7, 11) is 3.31. The Balaban J connectivity index is 1.30. The fraction of sp³-hybridized carbons (Fsp3) is 0.417. The number of hydrogen-bond donors (Lipinski definition) is 3. The molecule has 12 nitrogen and oxygen atoms in total. The van der Waals surface area contributed by atoms with E-state index in [1.165, 1.54) is 21.7 Å². The summed E-state index contributed by atoms with van der Waals surface area (Å²) in [6.07, 6.45) is -3.07. The zero-order valence-electron chi connectivity index (χ0n) is 28.8. The number of nitrogens with two attached hydrogens (primary N) is 1. The minimum absolute atomic E-state index is 0.0495. The van der Waals surface area contributed by atoms with Gasteiger partial charge in [-0.25, -0.2) is 4.68 Å². The summed E-state index contributed by atoms with van der Waals surface area (Å²) in [5.41, 5.74) is 8.18. The molecule has 0 bridgehead atoms. The lowest BCUT2D eigenvalue weighted by Crippen LogP contribution is -2.46. The van der Waals surface area contributed by atoms with Gasteiger partial charge in [0.15, 0.2) is 0 Å². The monoisotopic (exact) mass is 706 g/mol. The van der Waals surface area contributed by atoms with Crippen LogP contribution in [0.4, 0.5) is 24.9 Å². The molecular weight excluding hydrogens is 665 g/mol. The number of anilines is 2. The average Bonchev–Trinajstić information content (AvgIpc) is 3.69. The number of halogens is 3. The molecule has 4 N–H and O–H groups in total. The number of hydrogen-bond acceptors (Lipinski definition) is 9. The number of nitrogens with zero attached hydrogens (tertiary/aromatic N) is 6. The highest BCUT2D eigenvalue weighted by Crippen LogP contribution is 2.46. The number of carboxylic acid groups (broad SMARTS) is 1. The first kappa shape index (κ1) is 35.6. The van der Waals surface area contributed by atoms with Crippen LogP contribution in [-0.4, -0.2) is 87.1 Å². The van der Waals surface area contributed by atoms with Crippen molar-refractivity contribution in [2.24, 2.45) is 5.41 Å². The highest BCUT2D eigenvalue weighted by molar-refractivity contribution is 5.94. The molecule has 2 aromatic heterocycles. The standard InChI is InChI=1S/C36H41F3N8O4/c1-5-28-35(20-26(41-28)33(49)50)13-16-46(17-14-35)29-19-30(43-34(40)42-29)51-31(36(37,38)39)25-11-10-24(18-27(25)47-15-12-21(2)44-47)22-6-8-23(9-7-22)32(48)45(3)4/h6-12,15,18-19,26,28,31,41H,5,13-14,16-17,20H2,1-4H3,(H,49,50)(H2,40,42,43)/t26?,28?,31-/m1/s1. The summed E-state index contributed by atoms with van der Waals surface area (Å²) in [5.74, 6) is -1.29. The van der Waals surface area contributed by atoms with Gasteiger partial charge in [-0.1, -0.05) is 31.2 Å². The van der Waals surface area contributed by atoms with Crippen LogP contribution in [0, 0.1) is 12.3 Å². The number of aliphatic carboxylic acids is 1. The lowest BCUT2D eigenvalue weighted by atomic mass is 9.71. The number of carbonyl (C=O) groups excluding carboxylic acids is 1. The van der Waals surface area contributed by atoms with Crippen LogP contribution >= 0.6 is 0 Å². The molecule has 0 radical (unpaired) electrons. The highest BCUT2D eigenvalue weighted by Gasteiger charge is 2.50. The van der Waals surface area contributed by atoms with Crippen LogP contribution in [0.3, 0.4) is 0 Å². The van der Waals surface area contributed by atoms with Crippen LogP contribution in [0.15, 0.2) is 60.8 Å². The number of ether oxygens (including phenoxy) is 1. The molecule has 0 aliphatic carbocycles. The third-order valence-corrected chi connectivity index (χ3v) is 9.94. The summed E-state index contributed by atoms with van der Waals surface area (Å²) in [4.78, 5) is 35.9. The van der Waals surface area contributed by atoms with Crippen molar-refractivity contribution in [1.82, 2.24) is 30.0 Å². The second kappa shape index (κ2) is 13.9. The molecule has 2 aliphatic rings. The Hall–Kier alpha value is -5.18. The number of nitrogen functional groups attached to an aromatic ring is 1. The molecule has 4 aromatic rings. The molecule has 3 atom stereocenters. The van der Waals surface area contributed by atoms with Crippen LogP contribution in [0.1, 0.15) is 60.3 Å². The Kier molecular flexibility index (Phi) is 9.68. The third-order valence-electron chi connectivity index (χ3n) is 9.94. The fourth-order valence-electron chi connectivity index (χ4n) is 7.31. The Morgan fingerprint density at radius 2 is 1.76 bits per heavy atom. The predicted molar refractivity (Wildman–Crippen MR) is 185 cm³/mol. The fourth-order valence-corrected chi connectivity index (χ4v) is 7.31. The number of carbonyl (C=O) groups is 2. The number of piperidine rings is 1. The van der Waals surface area contributed by atoms with Gasteiger partial charge in [-0.05, 0) is 73.4 Å². The molecule has 6 rings (SSSR count). The van der Waals surface area contributed by atoms with E-state index in [-0.39, 0.29) is 40.4 Å². The molecule has 4 heterocycles. The molecule has 0 saturated carbocycles. The lowest BCUT2D eigenvalue weighted by molar-refractivity contribution is -0.198. The number of aromatic nitrogens is 4. The molecule has 2 aliphatic heterocycles. The second-order valence-electron chi connectivity index (χ2n) is 13.5. The number of carboxylic acids is 1. The summed E-state index contributed by atoms with van der Waals surface area (Å²) in [5, 5.41) is 17.3. The predicted octanol–water partition coefficient (Wildman–Crippen LogP) is 5.42. The van der Waals surface area contributed by atoms with Gasteiger partial charge in [0.25, 0.3) is 5.91 Å². The Bertz CT molecular complexity index is 1910. The molecule has 2 aromatic carbocycles. The number of rotatable bonds is 9. The quantitative estimate of drug-likeness (QED) is 0.206. The summed E-state index contributed by atoms with van der Waals surface area (Å²) in [6, 6.07) is 13.8. The van der Waals surface area contributed by atoms with E-state index < -0.39 is 24.3 Å². The van der Waals surface area contributed by atoms with Gasteiger partial charge in [0.1, 0.15) is 11.9 Å². The van der Waals surface area contributed by atoms with Gasteiger partial charge in [0, 0.05) is 56.6 Å². The largest absolute Gasteiger partial charge is 0.480 e. The van der Waals surface area contributed by atoms with Gasteiger partial charge < -0.3 is 30.7 Å². The average molecular weight is 707 g/mol. The van der Waals surface area contributed by atoms with Crippen LogP contribution in [0.2, 0.25) is 0 Å². The number of amides is 1. The van der Waals surface area contributed by atoms with Crippen molar-refractivity contribution in [3.05, 3.63) is 77.6 Å². The number of nitrogens with one attached hydrogen (secondary N) is 1. The van der Waals surface area contributed by atoms with E-state index in [4.69, 9.17) is 10.5 Å². The molecule has 2 saturated heterocycles. The minimum Gasteiger partial charge on any atom is -0.480 e. The highest BCUT2D eigenvalue weighted by atomic mass is 19.4.